The number of aliphatic hydroxyl groups is 1. The number of halogens is 6. The van der Waals surface area contributed by atoms with E-state index in [-0.39, 0.29) is 22.6 Å². The molecular weight excluding hydrogens is 538 g/mol. The summed E-state index contributed by atoms with van der Waals surface area (Å²) in [6.45, 7) is 0. The SMILES string of the molecule is COc1ccc(C(F)(F)F)cc1C(=O)c1ccccc1.COc1ccc(C(F)(F)F)cc1C(O)c1ccccc1. The molecule has 0 bridgehead atoms. The third-order valence-corrected chi connectivity index (χ3v) is 5.77. The van der Waals surface area contributed by atoms with Crippen LogP contribution >= 0.6 is 0 Å². The Bertz CT molecular complexity index is 1420. The molecule has 40 heavy (non-hydrogen) atoms. The molecule has 0 aliphatic carbocycles. The van der Waals surface area contributed by atoms with Crippen LogP contribution in [-0.4, -0.2) is 25.1 Å². The van der Waals surface area contributed by atoms with Crippen molar-refractivity contribution >= 4 is 5.78 Å². The second-order valence-electron chi connectivity index (χ2n) is 8.38. The summed E-state index contributed by atoms with van der Waals surface area (Å²) in [5.74, 6) is -0.172. The predicted molar refractivity (Wildman–Crippen MR) is 136 cm³/mol. The first-order valence-corrected chi connectivity index (χ1v) is 11.7. The Kier molecular flexibility index (Phi) is 9.60. The monoisotopic (exact) mass is 562 g/mol. The van der Waals surface area contributed by atoms with Crippen LogP contribution in [0.2, 0.25) is 0 Å². The van der Waals surface area contributed by atoms with E-state index in [2.05, 4.69) is 0 Å². The highest BCUT2D eigenvalue weighted by Gasteiger charge is 2.33. The molecule has 0 fully saturated rings. The molecule has 1 unspecified atom stereocenters. The fraction of sp³-hybridized carbons (Fsp3) is 0.167. The van der Waals surface area contributed by atoms with Crippen molar-refractivity contribution in [3.8, 4) is 11.5 Å². The lowest BCUT2D eigenvalue weighted by molar-refractivity contribution is -0.138. The van der Waals surface area contributed by atoms with E-state index in [0.29, 0.717) is 11.1 Å². The highest BCUT2D eigenvalue weighted by Crippen LogP contribution is 2.37. The van der Waals surface area contributed by atoms with Crippen LogP contribution in [0.15, 0.2) is 97.1 Å². The zero-order chi connectivity index (χ0) is 29.5. The summed E-state index contributed by atoms with van der Waals surface area (Å²) >= 11 is 0. The molecule has 0 saturated carbocycles. The minimum atomic E-state index is -4.50. The van der Waals surface area contributed by atoms with Crippen LogP contribution in [0.3, 0.4) is 0 Å². The molecule has 0 aliphatic rings. The van der Waals surface area contributed by atoms with Gasteiger partial charge in [0.1, 0.15) is 17.6 Å². The van der Waals surface area contributed by atoms with Crippen LogP contribution in [0.4, 0.5) is 26.3 Å². The van der Waals surface area contributed by atoms with Crippen molar-refractivity contribution in [3.05, 3.63) is 130 Å². The lowest BCUT2D eigenvalue weighted by atomic mass is 9.98. The van der Waals surface area contributed by atoms with Crippen LogP contribution in [0.25, 0.3) is 0 Å². The smallest absolute Gasteiger partial charge is 0.416 e. The second-order valence-corrected chi connectivity index (χ2v) is 8.38. The van der Waals surface area contributed by atoms with Crippen molar-refractivity contribution < 1.29 is 45.7 Å². The normalized spacial score (nSPS) is 12.1. The summed E-state index contributed by atoms with van der Waals surface area (Å²) in [6, 6.07) is 22.5. The van der Waals surface area contributed by atoms with E-state index in [1.165, 1.54) is 20.3 Å². The second kappa shape index (κ2) is 12.7. The predicted octanol–water partition coefficient (Wildman–Crippen LogP) is 7.74. The van der Waals surface area contributed by atoms with E-state index >= 15 is 0 Å². The molecule has 4 rings (SSSR count). The lowest BCUT2D eigenvalue weighted by Crippen LogP contribution is -2.09. The summed E-state index contributed by atoms with van der Waals surface area (Å²) in [7, 11) is 2.66. The minimum absolute atomic E-state index is 0.0912. The molecule has 0 saturated heterocycles. The van der Waals surface area contributed by atoms with E-state index in [1.807, 2.05) is 0 Å². The van der Waals surface area contributed by atoms with Crippen LogP contribution in [0.1, 0.15) is 44.3 Å². The summed E-state index contributed by atoms with van der Waals surface area (Å²) in [4.78, 5) is 12.3. The zero-order valence-electron chi connectivity index (χ0n) is 21.3. The third-order valence-electron chi connectivity index (χ3n) is 5.77. The first kappa shape index (κ1) is 30.2. The molecule has 0 amide bonds. The van der Waals surface area contributed by atoms with Crippen molar-refractivity contribution in [2.45, 2.75) is 18.5 Å². The number of aliphatic hydroxyl groups excluding tert-OH is 1. The number of alkyl halides is 6. The van der Waals surface area contributed by atoms with Crippen LogP contribution in [0, 0.1) is 0 Å². The van der Waals surface area contributed by atoms with Gasteiger partial charge in [-0.25, -0.2) is 0 Å². The molecule has 4 nitrogen and oxygen atoms in total. The van der Waals surface area contributed by atoms with Gasteiger partial charge in [0, 0.05) is 11.1 Å². The Hall–Kier alpha value is -4.31. The van der Waals surface area contributed by atoms with Gasteiger partial charge in [-0.1, -0.05) is 60.7 Å². The van der Waals surface area contributed by atoms with Gasteiger partial charge in [-0.3, -0.25) is 4.79 Å². The van der Waals surface area contributed by atoms with E-state index in [0.717, 1.165) is 30.3 Å². The average Bonchev–Trinajstić information content (AvgIpc) is 2.96. The molecule has 0 heterocycles. The summed E-state index contributed by atoms with van der Waals surface area (Å²) in [5.41, 5.74) is -0.891. The molecule has 0 aliphatic heterocycles. The van der Waals surface area contributed by atoms with Gasteiger partial charge in [-0.05, 0) is 42.0 Å². The highest BCUT2D eigenvalue weighted by molar-refractivity contribution is 6.10. The number of ketones is 1. The number of methoxy groups -OCH3 is 2. The number of hydrogen-bond acceptors (Lipinski definition) is 4. The molecular formula is C30H24F6O4. The van der Waals surface area contributed by atoms with Gasteiger partial charge in [0.05, 0.1) is 30.9 Å². The van der Waals surface area contributed by atoms with E-state index in [9.17, 15) is 36.2 Å². The first-order chi connectivity index (χ1) is 18.9. The molecule has 4 aromatic carbocycles. The van der Waals surface area contributed by atoms with Crippen molar-refractivity contribution in [1.82, 2.24) is 0 Å². The number of rotatable bonds is 6. The fourth-order valence-electron chi connectivity index (χ4n) is 3.75. The Morgan fingerprint density at radius 3 is 1.65 bits per heavy atom. The molecule has 0 aromatic heterocycles. The standard InChI is InChI=1S/C15H13F3O2.C15H11F3O2/c2*1-20-13-8-7-11(15(16,17)18)9-12(13)14(19)10-5-3-2-4-6-10/h2-9,14,19H,1H3;2-9H,1H3. The van der Waals surface area contributed by atoms with Crippen molar-refractivity contribution in [2.24, 2.45) is 0 Å². The van der Waals surface area contributed by atoms with Crippen LogP contribution in [0.5, 0.6) is 11.5 Å². The molecule has 10 heteroatoms. The van der Waals surface area contributed by atoms with Crippen LogP contribution in [-0.2, 0) is 12.4 Å². The summed E-state index contributed by atoms with van der Waals surface area (Å²) in [6.07, 6.45) is -10.1. The Balaban J connectivity index is 0.000000220. The number of hydrogen-bond donors (Lipinski definition) is 1. The van der Waals surface area contributed by atoms with E-state index in [4.69, 9.17) is 9.47 Å². The minimum Gasteiger partial charge on any atom is -0.496 e. The number of ether oxygens (including phenoxy) is 2. The van der Waals surface area contributed by atoms with Crippen LogP contribution < -0.4 is 9.47 Å². The van der Waals surface area contributed by atoms with Gasteiger partial charge in [-0.15, -0.1) is 0 Å². The molecule has 1 atom stereocenters. The molecule has 1 N–H and O–H groups in total. The zero-order valence-corrected chi connectivity index (χ0v) is 21.3. The van der Waals surface area contributed by atoms with Gasteiger partial charge in [0.25, 0.3) is 0 Å². The number of carbonyl (C=O) groups is 1. The first-order valence-electron chi connectivity index (χ1n) is 11.7. The van der Waals surface area contributed by atoms with Gasteiger partial charge in [0.15, 0.2) is 5.78 Å². The molecule has 0 radical (unpaired) electrons. The maximum absolute atomic E-state index is 12.7. The topological polar surface area (TPSA) is 55.8 Å². The molecule has 210 valence electrons. The molecule has 4 aromatic rings. The largest absolute Gasteiger partial charge is 0.496 e. The Labute approximate surface area is 226 Å². The number of carbonyl (C=O) groups excluding carboxylic acids is 1. The highest BCUT2D eigenvalue weighted by atomic mass is 19.4. The summed E-state index contributed by atoms with van der Waals surface area (Å²) < 4.78 is 86.4. The quantitative estimate of drug-likeness (QED) is 0.193. The lowest BCUT2D eigenvalue weighted by Gasteiger charge is -2.17. The average molecular weight is 563 g/mol. The number of benzene rings is 4. The van der Waals surface area contributed by atoms with E-state index < -0.39 is 35.4 Å². The third kappa shape index (κ3) is 7.41. The Morgan fingerprint density at radius 1 is 0.675 bits per heavy atom. The van der Waals surface area contributed by atoms with Gasteiger partial charge < -0.3 is 14.6 Å². The van der Waals surface area contributed by atoms with Crippen molar-refractivity contribution in [2.75, 3.05) is 14.2 Å². The fourth-order valence-corrected chi connectivity index (χ4v) is 3.75. The Morgan fingerprint density at radius 2 is 1.15 bits per heavy atom. The van der Waals surface area contributed by atoms with Gasteiger partial charge in [0.2, 0.25) is 0 Å². The maximum atomic E-state index is 12.7. The summed E-state index contributed by atoms with van der Waals surface area (Å²) in [5, 5.41) is 10.2. The van der Waals surface area contributed by atoms with E-state index in [1.54, 1.807) is 60.7 Å². The van der Waals surface area contributed by atoms with Crippen molar-refractivity contribution in [3.63, 3.8) is 0 Å². The molecule has 0 spiro atoms. The van der Waals surface area contributed by atoms with Gasteiger partial charge >= 0.3 is 12.4 Å². The van der Waals surface area contributed by atoms with Crippen molar-refractivity contribution in [1.29, 1.82) is 0 Å². The van der Waals surface area contributed by atoms with Gasteiger partial charge in [-0.2, -0.15) is 26.3 Å². The maximum Gasteiger partial charge on any atom is 0.416 e.